The molecule has 10 atom stereocenters. The molecule has 138 heavy (non-hydrogen) atoms. The van der Waals surface area contributed by atoms with Gasteiger partial charge in [0.2, 0.25) is 0 Å². The Morgan fingerprint density at radius 2 is 0.457 bits per heavy atom. The molecule has 0 saturated carbocycles. The first kappa shape index (κ1) is 142. The SMILES string of the molecule is CC(C)CC(C(=O)OCC(O)COc1ccccc1)C(C)C.CC(C)CC(C(=O)OCCCCO)C(C)C.CC(C)CC(C(=O)OCCCO)C(C)C.CC(C)CC(C(=O)OCCO)C(C)C.CC(C)CC(C)(C(=O)OCC(O)COc1ccccc1)C(C)C.CC(C)CC(C)(C(=O)OCCCCO)C(C)C.CC(C)CC(C)(C(=O)OCCCO)C(C)C.CC(C)CC(C)(C(=O)OCCO)C(C)C. The van der Waals surface area contributed by atoms with E-state index in [1.54, 1.807) is 0 Å². The molecule has 26 heteroatoms. The van der Waals surface area contributed by atoms with Crippen LogP contribution < -0.4 is 9.47 Å². The van der Waals surface area contributed by atoms with Crippen LogP contribution in [0.4, 0.5) is 0 Å². The van der Waals surface area contributed by atoms with Gasteiger partial charge in [0.15, 0.2) is 0 Å². The van der Waals surface area contributed by atoms with Crippen molar-refractivity contribution in [2.24, 2.45) is 140 Å². The third-order valence-corrected chi connectivity index (χ3v) is 24.1. The fourth-order valence-corrected chi connectivity index (χ4v) is 14.7. The zero-order valence-electron chi connectivity index (χ0n) is 93.6. The highest BCUT2D eigenvalue weighted by molar-refractivity contribution is 5.79. The predicted molar refractivity (Wildman–Crippen MR) is 555 cm³/mol. The zero-order valence-corrected chi connectivity index (χ0v) is 93.6. The Morgan fingerprint density at radius 1 is 0.246 bits per heavy atom. The lowest BCUT2D eigenvalue weighted by Crippen LogP contribution is -2.38. The van der Waals surface area contributed by atoms with Crippen molar-refractivity contribution in [3.05, 3.63) is 60.7 Å². The monoisotopic (exact) mass is 1970 g/mol. The van der Waals surface area contributed by atoms with Gasteiger partial charge in [-0.1, -0.05) is 258 Å². The highest BCUT2D eigenvalue weighted by Gasteiger charge is 2.43. The number of hydrogen-bond acceptors (Lipinski definition) is 26. The minimum atomic E-state index is -0.838. The van der Waals surface area contributed by atoms with Crippen molar-refractivity contribution in [1.82, 2.24) is 0 Å². The lowest BCUT2D eigenvalue weighted by Gasteiger charge is -2.33. The van der Waals surface area contributed by atoms with Gasteiger partial charge < -0.3 is 88.2 Å². The maximum absolute atomic E-state index is 12.4. The fraction of sp³-hybridized carbons (Fsp3) is 0.821. The smallest absolute Gasteiger partial charge is 0.312 e. The maximum Gasteiger partial charge on any atom is 0.312 e. The summed E-state index contributed by atoms with van der Waals surface area (Å²) < 4.78 is 52.3. The molecule has 2 aromatic carbocycles. The van der Waals surface area contributed by atoms with E-state index < -0.39 is 33.9 Å². The number of aliphatic hydroxyl groups excluding tert-OH is 8. The van der Waals surface area contributed by atoms with Gasteiger partial charge in [-0.2, -0.15) is 0 Å². The van der Waals surface area contributed by atoms with E-state index in [2.05, 4.69) is 152 Å². The molecule has 0 bridgehead atoms. The van der Waals surface area contributed by atoms with Crippen LogP contribution in [0.15, 0.2) is 60.7 Å². The zero-order chi connectivity index (χ0) is 108. The first-order valence-corrected chi connectivity index (χ1v) is 51.9. The summed E-state index contributed by atoms with van der Waals surface area (Å²) in [7, 11) is 0. The summed E-state index contributed by atoms with van der Waals surface area (Å²) in [5, 5.41) is 71.5. The molecule has 812 valence electrons. The minimum Gasteiger partial charge on any atom is -0.491 e. The van der Waals surface area contributed by atoms with Crippen LogP contribution in [-0.2, 0) is 76.3 Å². The van der Waals surface area contributed by atoms with Crippen LogP contribution in [0.25, 0.3) is 0 Å². The van der Waals surface area contributed by atoms with E-state index >= 15 is 0 Å². The van der Waals surface area contributed by atoms with Crippen LogP contribution in [-0.4, -0.2) is 207 Å². The standard InChI is InChI=1S/C19H30O4.C18H28O4.C14H28O3.2C13H26O3.2C12H24O3.C11H22O3/c1-14(2)11-19(5,15(3)4)18(21)23-13-16(20)12-22-17-9-7-6-8-10-17;1-13(2)10-17(14(3)4)18(20)22-12-15(19)11-21-16-8-6-5-7-9-16;1-11(2)10-14(5,12(3)4)13(16)17-9-7-6-8-15;1-10(2)9-13(5,11(3)4)12(15)16-8-6-7-14;1-10(2)9-12(11(3)4)13(15)16-8-6-5-7-14;1-9(2)8-12(5,10(3)4)11(14)15-7-6-13;1-9(2)8-11(10(3)4)12(14)15-7-5-6-13;1-8(2)7-10(9(3)4)11(13)14-6-5-12/h6-10,14-16,20H,11-13H2,1-5H3;5-9,13-15,17,19H,10-12H2,1-4H3;11-12,15H,6-10H2,1-5H3;10-11,14H,6-9H2,1-5H3;10-12,14H,5-9H2,1-4H3;9-10,13H,6-8H2,1-5H3;9-11,13H,5-8H2,1-4H3;8-10,12H,5-7H2,1-4H3. The molecule has 0 spiro atoms. The maximum atomic E-state index is 12.4. The predicted octanol–water partition coefficient (Wildman–Crippen LogP) is 21.5. The molecular formula is C112H208O26. The van der Waals surface area contributed by atoms with Crippen LogP contribution in [0.2, 0.25) is 0 Å². The number of hydrogen-bond donors (Lipinski definition) is 8. The second-order valence-corrected chi connectivity index (χ2v) is 43.8. The third kappa shape index (κ3) is 69.4. The van der Waals surface area contributed by atoms with Crippen LogP contribution in [0.5, 0.6) is 11.5 Å². The van der Waals surface area contributed by atoms with Gasteiger partial charge in [-0.15, -0.1) is 0 Å². The van der Waals surface area contributed by atoms with Gasteiger partial charge in [0.25, 0.3) is 0 Å². The highest BCUT2D eigenvalue weighted by atomic mass is 16.6. The van der Waals surface area contributed by atoms with Gasteiger partial charge in [0.05, 0.1) is 85.0 Å². The number of unbranched alkanes of at least 4 members (excludes halogenated alkanes) is 2. The molecule has 0 aliphatic carbocycles. The first-order valence-electron chi connectivity index (χ1n) is 51.9. The first-order chi connectivity index (χ1) is 64.1. The van der Waals surface area contributed by atoms with Crippen molar-refractivity contribution < 1.29 is 127 Å². The molecular weight excluding hydrogens is 1760 g/mol. The number of aliphatic hydroxyl groups is 8. The second-order valence-electron chi connectivity index (χ2n) is 43.8. The molecule has 2 aromatic rings. The lowest BCUT2D eigenvalue weighted by molar-refractivity contribution is -0.162. The molecule has 0 heterocycles. The van der Waals surface area contributed by atoms with Crippen molar-refractivity contribution in [2.75, 3.05) is 106 Å². The van der Waals surface area contributed by atoms with E-state index in [-0.39, 0.29) is 180 Å². The van der Waals surface area contributed by atoms with Crippen LogP contribution >= 0.6 is 0 Å². The lowest BCUT2D eigenvalue weighted by atomic mass is 9.73. The molecule has 0 aromatic heterocycles. The summed E-state index contributed by atoms with van der Waals surface area (Å²) in [5.74, 6) is 5.79. The van der Waals surface area contributed by atoms with E-state index in [1.165, 1.54) is 0 Å². The van der Waals surface area contributed by atoms with Crippen LogP contribution in [0.1, 0.15) is 339 Å². The van der Waals surface area contributed by atoms with Crippen LogP contribution in [0, 0.1) is 140 Å². The molecule has 2 rings (SSSR count). The summed E-state index contributed by atoms with van der Waals surface area (Å²) in [6, 6.07) is 18.5. The Bertz CT molecular complexity index is 3320. The summed E-state index contributed by atoms with van der Waals surface area (Å²) in [6.07, 6.45) is 8.92. The molecule has 10 unspecified atom stereocenters. The summed E-state index contributed by atoms with van der Waals surface area (Å²) in [6.45, 7) is 76.2. The molecule has 0 aliphatic rings. The number of rotatable bonds is 60. The van der Waals surface area contributed by atoms with Gasteiger partial charge in [-0.3, -0.25) is 38.4 Å². The summed E-state index contributed by atoms with van der Waals surface area (Å²) >= 11 is 0. The quantitative estimate of drug-likeness (QED) is 0.0173. The van der Waals surface area contributed by atoms with Gasteiger partial charge in [-0.05, 0) is 224 Å². The van der Waals surface area contributed by atoms with Gasteiger partial charge in [0, 0.05) is 39.3 Å². The van der Waals surface area contributed by atoms with Crippen molar-refractivity contribution >= 4 is 47.8 Å². The molecule has 26 nitrogen and oxygen atoms in total. The fourth-order valence-electron chi connectivity index (χ4n) is 14.7. The number of benzene rings is 2. The average Bonchev–Trinajstić information content (AvgIpc) is 0.836. The molecule has 0 saturated heterocycles. The largest absolute Gasteiger partial charge is 0.491 e. The van der Waals surface area contributed by atoms with Crippen molar-refractivity contribution in [2.45, 2.75) is 351 Å². The highest BCUT2D eigenvalue weighted by Crippen LogP contribution is 2.40. The van der Waals surface area contributed by atoms with Gasteiger partial charge >= 0.3 is 47.8 Å². The average molecular weight is 1970 g/mol. The van der Waals surface area contributed by atoms with E-state index in [0.29, 0.717) is 129 Å². The third-order valence-electron chi connectivity index (χ3n) is 24.1. The summed E-state index contributed by atoms with van der Waals surface area (Å²) in [4.78, 5) is 95.6. The van der Waals surface area contributed by atoms with Crippen molar-refractivity contribution in [3.8, 4) is 11.5 Å². The Balaban J connectivity index is -0.000000363. The molecule has 8 N–H and O–H groups in total. The number of esters is 8. The van der Waals surface area contributed by atoms with Crippen LogP contribution in [0.3, 0.4) is 0 Å². The summed E-state index contributed by atoms with van der Waals surface area (Å²) in [5.41, 5.74) is -1.78. The molecule has 0 aliphatic heterocycles. The van der Waals surface area contributed by atoms with E-state index in [9.17, 15) is 48.6 Å². The Morgan fingerprint density at radius 3 is 0.688 bits per heavy atom. The molecule has 0 amide bonds. The molecule has 0 fully saturated rings. The van der Waals surface area contributed by atoms with Gasteiger partial charge in [0.1, 0.15) is 63.3 Å². The Kier molecular flexibility index (Phi) is 84.3. The second kappa shape index (κ2) is 81.9. The minimum absolute atomic E-state index is 0.00845. The van der Waals surface area contributed by atoms with E-state index in [1.807, 2.05) is 158 Å². The van der Waals surface area contributed by atoms with E-state index in [0.717, 1.165) is 64.2 Å². The Hall–Kier alpha value is -6.52. The molecule has 0 radical (unpaired) electrons. The normalized spacial score (nSPS) is 14.4. The Labute approximate surface area is 839 Å². The topological polar surface area (TPSA) is 391 Å². The number of para-hydroxylation sites is 2. The van der Waals surface area contributed by atoms with Gasteiger partial charge in [-0.25, -0.2) is 0 Å². The van der Waals surface area contributed by atoms with Crippen molar-refractivity contribution in [1.29, 1.82) is 0 Å². The number of carbonyl (C=O) groups excluding carboxylic acids is 8. The van der Waals surface area contributed by atoms with E-state index in [4.69, 9.17) is 78.0 Å². The number of carbonyl (C=O) groups is 8. The number of ether oxygens (including phenoxy) is 10. The van der Waals surface area contributed by atoms with Crippen molar-refractivity contribution in [3.63, 3.8) is 0 Å².